The van der Waals surface area contributed by atoms with E-state index >= 15 is 0 Å². The van der Waals surface area contributed by atoms with Gasteiger partial charge in [-0.15, -0.1) is 12.4 Å². The number of halogens is 1. The van der Waals surface area contributed by atoms with Crippen LogP contribution in [0, 0.1) is 0 Å². The Morgan fingerprint density at radius 3 is 2.59 bits per heavy atom. The fourth-order valence-electron chi connectivity index (χ4n) is 4.71. The van der Waals surface area contributed by atoms with E-state index in [0.717, 1.165) is 37.1 Å². The number of nitrogens with one attached hydrogen (secondary N) is 2. The Labute approximate surface area is 177 Å². The number of benzene rings is 1. The average Bonchev–Trinajstić information content (AvgIpc) is 3.40. The van der Waals surface area contributed by atoms with E-state index in [1.165, 1.54) is 19.3 Å². The number of amides is 2. The van der Waals surface area contributed by atoms with Gasteiger partial charge < -0.3 is 20.1 Å². The molecular formula is C21H28ClN5O2. The molecule has 0 spiro atoms. The molecule has 3 fully saturated rings. The van der Waals surface area contributed by atoms with Gasteiger partial charge in [0, 0.05) is 24.0 Å². The highest BCUT2D eigenvalue weighted by molar-refractivity contribution is 5.93. The molecule has 2 atom stereocenters. The van der Waals surface area contributed by atoms with Crippen molar-refractivity contribution in [2.45, 2.75) is 69.0 Å². The maximum absolute atomic E-state index is 12.7. The molecule has 156 valence electrons. The summed E-state index contributed by atoms with van der Waals surface area (Å²) in [6, 6.07) is 8.83. The third kappa shape index (κ3) is 4.26. The maximum atomic E-state index is 12.7. The summed E-state index contributed by atoms with van der Waals surface area (Å²) in [5, 5.41) is 10.3. The molecule has 29 heavy (non-hydrogen) atoms. The van der Waals surface area contributed by atoms with E-state index in [1.807, 2.05) is 24.3 Å². The van der Waals surface area contributed by atoms with Crippen molar-refractivity contribution >= 4 is 24.1 Å². The lowest BCUT2D eigenvalue weighted by Gasteiger charge is -2.47. The van der Waals surface area contributed by atoms with Gasteiger partial charge >= 0.3 is 6.03 Å². The average molecular weight is 418 g/mol. The third-order valence-corrected chi connectivity index (χ3v) is 6.46. The zero-order valence-electron chi connectivity index (χ0n) is 16.6. The summed E-state index contributed by atoms with van der Waals surface area (Å²) in [7, 11) is 2.22. The lowest BCUT2D eigenvalue weighted by molar-refractivity contribution is 0.0513. The second-order valence-corrected chi connectivity index (χ2v) is 8.45. The van der Waals surface area contributed by atoms with Crippen LogP contribution in [0.4, 0.5) is 10.5 Å². The monoisotopic (exact) mass is 417 g/mol. The summed E-state index contributed by atoms with van der Waals surface area (Å²) in [5.74, 6) is 1.67. The van der Waals surface area contributed by atoms with Crippen LogP contribution in [0.3, 0.4) is 0 Å². The molecule has 2 unspecified atom stereocenters. The number of aromatic nitrogens is 2. The van der Waals surface area contributed by atoms with Gasteiger partial charge in [-0.25, -0.2) is 4.79 Å². The number of nitrogens with zero attached hydrogens (tertiary/aromatic N) is 3. The molecule has 1 saturated carbocycles. The zero-order valence-corrected chi connectivity index (χ0v) is 17.5. The first-order valence-electron chi connectivity index (χ1n) is 10.4. The van der Waals surface area contributed by atoms with Gasteiger partial charge in [-0.1, -0.05) is 23.7 Å². The van der Waals surface area contributed by atoms with Crippen LogP contribution in [0.5, 0.6) is 0 Å². The Hall–Kier alpha value is -2.12. The first-order valence-corrected chi connectivity index (χ1v) is 10.4. The number of fused-ring (bicyclic) bond motifs is 2. The molecule has 2 saturated heterocycles. The molecule has 2 N–H and O–H groups in total. The Morgan fingerprint density at radius 1 is 1.14 bits per heavy atom. The topological polar surface area (TPSA) is 83.3 Å². The van der Waals surface area contributed by atoms with Crippen LogP contribution in [0.2, 0.25) is 0 Å². The first-order chi connectivity index (χ1) is 13.7. The minimum absolute atomic E-state index is 0. The van der Waals surface area contributed by atoms with Crippen LogP contribution < -0.4 is 10.6 Å². The van der Waals surface area contributed by atoms with Gasteiger partial charge in [0.05, 0.1) is 11.3 Å². The van der Waals surface area contributed by atoms with Gasteiger partial charge in [-0.3, -0.25) is 0 Å². The second kappa shape index (κ2) is 8.32. The van der Waals surface area contributed by atoms with E-state index in [9.17, 15) is 4.79 Å². The molecule has 8 heteroatoms. The number of anilines is 1. The number of rotatable bonds is 4. The summed E-state index contributed by atoms with van der Waals surface area (Å²) in [4.78, 5) is 19.7. The number of hydrogen-bond acceptors (Lipinski definition) is 5. The van der Waals surface area contributed by atoms with Crippen LogP contribution in [0.25, 0.3) is 11.5 Å². The largest absolute Gasteiger partial charge is 0.335 e. The molecular weight excluding hydrogens is 390 g/mol. The lowest BCUT2D eigenvalue weighted by atomic mass is 9.82. The van der Waals surface area contributed by atoms with Gasteiger partial charge in [-0.05, 0) is 57.7 Å². The minimum atomic E-state index is -0.165. The van der Waals surface area contributed by atoms with Gasteiger partial charge in [0.2, 0.25) is 0 Å². The molecule has 2 bridgehead atoms. The second-order valence-electron chi connectivity index (χ2n) is 8.45. The van der Waals surface area contributed by atoms with Crippen LogP contribution in [-0.4, -0.2) is 46.2 Å². The molecule has 3 heterocycles. The number of para-hydroxylation sites is 1. The van der Waals surface area contributed by atoms with Crippen LogP contribution in [-0.2, 0) is 0 Å². The molecule has 0 radical (unpaired) electrons. The molecule has 1 aromatic carbocycles. The zero-order chi connectivity index (χ0) is 19.1. The highest BCUT2D eigenvalue weighted by Crippen LogP contribution is 2.39. The van der Waals surface area contributed by atoms with Crippen molar-refractivity contribution in [2.24, 2.45) is 0 Å². The van der Waals surface area contributed by atoms with Crippen LogP contribution in [0.1, 0.15) is 56.7 Å². The molecule has 2 aliphatic heterocycles. The van der Waals surface area contributed by atoms with Crippen molar-refractivity contribution < 1.29 is 9.32 Å². The van der Waals surface area contributed by atoms with E-state index in [0.29, 0.717) is 29.6 Å². The van der Waals surface area contributed by atoms with Crippen molar-refractivity contribution in [3.63, 3.8) is 0 Å². The normalized spacial score (nSPS) is 26.4. The summed E-state index contributed by atoms with van der Waals surface area (Å²) < 4.78 is 5.45. The highest BCUT2D eigenvalue weighted by atomic mass is 35.5. The van der Waals surface area contributed by atoms with Gasteiger partial charge in [0.15, 0.2) is 5.82 Å². The summed E-state index contributed by atoms with van der Waals surface area (Å²) in [6.45, 7) is 0. The number of urea groups is 1. The molecule has 3 aliphatic rings. The maximum Gasteiger partial charge on any atom is 0.319 e. The smallest absolute Gasteiger partial charge is 0.319 e. The molecule has 1 aromatic heterocycles. The highest BCUT2D eigenvalue weighted by Gasteiger charge is 2.36. The van der Waals surface area contributed by atoms with E-state index in [2.05, 4.69) is 32.7 Å². The number of carbonyl (C=O) groups is 1. The van der Waals surface area contributed by atoms with Crippen molar-refractivity contribution in [2.75, 3.05) is 12.4 Å². The summed E-state index contributed by atoms with van der Waals surface area (Å²) in [6.07, 6.45) is 8.07. The third-order valence-electron chi connectivity index (χ3n) is 6.46. The van der Waals surface area contributed by atoms with E-state index in [4.69, 9.17) is 4.52 Å². The minimum Gasteiger partial charge on any atom is -0.335 e. The Balaban J connectivity index is 0.00000205. The molecule has 5 rings (SSSR count). The Morgan fingerprint density at radius 2 is 1.86 bits per heavy atom. The van der Waals surface area contributed by atoms with Crippen molar-refractivity contribution in [1.29, 1.82) is 0 Å². The van der Waals surface area contributed by atoms with Crippen molar-refractivity contribution in [3.05, 3.63) is 30.1 Å². The fraction of sp³-hybridized carbons (Fsp3) is 0.571. The number of piperidine rings is 2. The van der Waals surface area contributed by atoms with E-state index in [-0.39, 0.29) is 24.5 Å². The van der Waals surface area contributed by atoms with Gasteiger partial charge in [0.25, 0.3) is 5.89 Å². The van der Waals surface area contributed by atoms with E-state index in [1.54, 1.807) is 0 Å². The first kappa shape index (κ1) is 20.2. The molecule has 2 aromatic rings. The molecule has 2 amide bonds. The van der Waals surface area contributed by atoms with Crippen LogP contribution >= 0.6 is 12.4 Å². The standard InChI is InChI=1S/C21H27N5O2.ClH/c1-26-15-5-4-6-16(26)12-14(11-15)22-21(27)23-18-8-3-2-7-17(18)20-24-19(25-28-20)13-9-10-13;/h2-3,7-8,13-16H,4-6,9-12H2,1H3,(H2,22,23,27);1H. The molecule has 7 nitrogen and oxygen atoms in total. The van der Waals surface area contributed by atoms with Gasteiger partial charge in [-0.2, -0.15) is 4.98 Å². The fourth-order valence-corrected chi connectivity index (χ4v) is 4.71. The van der Waals surface area contributed by atoms with Crippen molar-refractivity contribution in [1.82, 2.24) is 20.4 Å². The van der Waals surface area contributed by atoms with Gasteiger partial charge in [0.1, 0.15) is 0 Å². The number of carbonyl (C=O) groups excluding carboxylic acids is 1. The van der Waals surface area contributed by atoms with Crippen molar-refractivity contribution in [3.8, 4) is 11.5 Å². The summed E-state index contributed by atoms with van der Waals surface area (Å²) in [5.41, 5.74) is 1.46. The SMILES string of the molecule is CN1C2CCCC1CC(NC(=O)Nc1ccccc1-c1nc(C3CC3)no1)C2.Cl. The Bertz CT molecular complexity index is 854. The number of hydrogen-bond donors (Lipinski definition) is 2. The Kier molecular flexibility index (Phi) is 5.79. The lowest BCUT2D eigenvalue weighted by Crippen LogP contribution is -2.55. The predicted octanol–water partition coefficient (Wildman–Crippen LogP) is 4.17. The molecule has 1 aliphatic carbocycles. The predicted molar refractivity (Wildman–Crippen MR) is 113 cm³/mol. The van der Waals surface area contributed by atoms with Crippen LogP contribution in [0.15, 0.2) is 28.8 Å². The summed E-state index contributed by atoms with van der Waals surface area (Å²) >= 11 is 0. The quantitative estimate of drug-likeness (QED) is 0.779. The van der Waals surface area contributed by atoms with E-state index < -0.39 is 0 Å².